The molecule has 5 heteroatoms. The van der Waals surface area contributed by atoms with E-state index in [1.54, 1.807) is 48.2 Å². The molecule has 0 bridgehead atoms. The summed E-state index contributed by atoms with van der Waals surface area (Å²) in [5, 5.41) is 5.49. The van der Waals surface area contributed by atoms with Gasteiger partial charge in [0.25, 0.3) is 5.91 Å². The molecule has 0 atom stereocenters. The van der Waals surface area contributed by atoms with Crippen LogP contribution >= 0.6 is 11.8 Å². The molecule has 0 aliphatic rings. The lowest BCUT2D eigenvalue weighted by Crippen LogP contribution is -2.12. The van der Waals surface area contributed by atoms with E-state index < -0.39 is 0 Å². The van der Waals surface area contributed by atoms with Crippen LogP contribution in [-0.2, 0) is 4.79 Å². The van der Waals surface area contributed by atoms with Crippen molar-refractivity contribution in [3.8, 4) is 0 Å². The van der Waals surface area contributed by atoms with Crippen molar-refractivity contribution in [2.24, 2.45) is 0 Å². The van der Waals surface area contributed by atoms with Gasteiger partial charge >= 0.3 is 0 Å². The lowest BCUT2D eigenvalue weighted by molar-refractivity contribution is -0.114. The minimum atomic E-state index is -0.178. The van der Waals surface area contributed by atoms with Crippen molar-refractivity contribution >= 4 is 35.0 Å². The first-order valence-corrected chi connectivity index (χ1v) is 7.64. The van der Waals surface area contributed by atoms with Gasteiger partial charge in [0, 0.05) is 28.8 Å². The van der Waals surface area contributed by atoms with Gasteiger partial charge in [-0.25, -0.2) is 0 Å². The summed E-state index contributed by atoms with van der Waals surface area (Å²) in [6.07, 6.45) is 1.99. The molecule has 4 nitrogen and oxygen atoms in total. The van der Waals surface area contributed by atoms with Crippen molar-refractivity contribution in [2.75, 3.05) is 16.9 Å². The SMILES string of the molecule is CSc1ccc(C(=O)Nc2cccc(NC(C)=O)c2)cc1. The quantitative estimate of drug-likeness (QED) is 0.848. The first-order valence-electron chi connectivity index (χ1n) is 6.41. The molecular weight excluding hydrogens is 284 g/mol. The summed E-state index contributed by atoms with van der Waals surface area (Å²) >= 11 is 1.63. The molecule has 0 saturated carbocycles. The minimum Gasteiger partial charge on any atom is -0.326 e. The van der Waals surface area contributed by atoms with Gasteiger partial charge < -0.3 is 10.6 Å². The van der Waals surface area contributed by atoms with Crippen molar-refractivity contribution in [3.05, 3.63) is 54.1 Å². The summed E-state index contributed by atoms with van der Waals surface area (Å²) in [7, 11) is 0. The van der Waals surface area contributed by atoms with E-state index in [4.69, 9.17) is 0 Å². The van der Waals surface area contributed by atoms with Crippen LogP contribution in [0.15, 0.2) is 53.4 Å². The Morgan fingerprint density at radius 2 is 1.57 bits per heavy atom. The highest BCUT2D eigenvalue weighted by Crippen LogP contribution is 2.18. The van der Waals surface area contributed by atoms with E-state index >= 15 is 0 Å². The Morgan fingerprint density at radius 1 is 0.952 bits per heavy atom. The van der Waals surface area contributed by atoms with Gasteiger partial charge in [-0.3, -0.25) is 9.59 Å². The Hall–Kier alpha value is -2.27. The first kappa shape index (κ1) is 15.1. The van der Waals surface area contributed by atoms with E-state index in [0.29, 0.717) is 16.9 Å². The fourth-order valence-corrected chi connectivity index (χ4v) is 2.23. The summed E-state index contributed by atoms with van der Waals surface area (Å²) < 4.78 is 0. The Balaban J connectivity index is 2.09. The molecular formula is C16H16N2O2S. The van der Waals surface area contributed by atoms with Crippen LogP contribution in [0.2, 0.25) is 0 Å². The maximum Gasteiger partial charge on any atom is 0.255 e. The molecule has 0 aromatic heterocycles. The van der Waals surface area contributed by atoms with Gasteiger partial charge in [-0.2, -0.15) is 0 Å². The van der Waals surface area contributed by atoms with Gasteiger partial charge in [-0.15, -0.1) is 11.8 Å². The molecule has 0 unspecified atom stereocenters. The van der Waals surface area contributed by atoms with Crippen LogP contribution in [0.1, 0.15) is 17.3 Å². The second-order valence-electron chi connectivity index (χ2n) is 4.44. The molecule has 0 aliphatic carbocycles. The lowest BCUT2D eigenvalue weighted by Gasteiger charge is -2.08. The molecule has 0 heterocycles. The third kappa shape index (κ3) is 4.36. The fraction of sp³-hybridized carbons (Fsp3) is 0.125. The Kier molecular flexibility index (Phi) is 5.00. The summed E-state index contributed by atoms with van der Waals surface area (Å²) in [6.45, 7) is 1.44. The third-order valence-corrected chi connectivity index (χ3v) is 3.54. The van der Waals surface area contributed by atoms with Gasteiger partial charge in [0.15, 0.2) is 0 Å². The molecule has 0 saturated heterocycles. The van der Waals surface area contributed by atoms with Crippen LogP contribution in [0.4, 0.5) is 11.4 Å². The highest BCUT2D eigenvalue weighted by molar-refractivity contribution is 7.98. The highest BCUT2D eigenvalue weighted by Gasteiger charge is 2.06. The Labute approximate surface area is 127 Å². The zero-order chi connectivity index (χ0) is 15.2. The van der Waals surface area contributed by atoms with E-state index in [1.807, 2.05) is 18.4 Å². The Morgan fingerprint density at radius 3 is 2.14 bits per heavy atom. The number of carbonyl (C=O) groups excluding carboxylic acids is 2. The van der Waals surface area contributed by atoms with Crippen LogP contribution in [0.3, 0.4) is 0 Å². The number of hydrogen-bond acceptors (Lipinski definition) is 3. The van der Waals surface area contributed by atoms with Crippen LogP contribution in [-0.4, -0.2) is 18.1 Å². The van der Waals surface area contributed by atoms with Gasteiger partial charge in [0.2, 0.25) is 5.91 Å². The summed E-state index contributed by atoms with van der Waals surface area (Å²) in [5.41, 5.74) is 1.89. The second-order valence-corrected chi connectivity index (χ2v) is 5.32. The largest absolute Gasteiger partial charge is 0.326 e. The fourth-order valence-electron chi connectivity index (χ4n) is 1.82. The number of nitrogens with one attached hydrogen (secondary N) is 2. The van der Waals surface area contributed by atoms with Crippen LogP contribution in [0.5, 0.6) is 0 Å². The van der Waals surface area contributed by atoms with Crippen LogP contribution in [0.25, 0.3) is 0 Å². The average molecular weight is 300 g/mol. The predicted octanol–water partition coefficient (Wildman–Crippen LogP) is 3.62. The minimum absolute atomic E-state index is 0.147. The molecule has 108 valence electrons. The Bertz CT molecular complexity index is 654. The average Bonchev–Trinajstić information content (AvgIpc) is 2.47. The molecule has 2 aromatic carbocycles. The number of amides is 2. The van der Waals surface area contributed by atoms with E-state index in [2.05, 4.69) is 10.6 Å². The zero-order valence-corrected chi connectivity index (χ0v) is 12.7. The molecule has 2 N–H and O–H groups in total. The third-order valence-electron chi connectivity index (χ3n) is 2.79. The smallest absolute Gasteiger partial charge is 0.255 e. The van der Waals surface area contributed by atoms with E-state index in [9.17, 15) is 9.59 Å². The van der Waals surface area contributed by atoms with Crippen LogP contribution in [0, 0.1) is 0 Å². The number of benzene rings is 2. The van der Waals surface area contributed by atoms with E-state index in [1.165, 1.54) is 6.92 Å². The highest BCUT2D eigenvalue weighted by atomic mass is 32.2. The monoisotopic (exact) mass is 300 g/mol. The predicted molar refractivity (Wildman–Crippen MR) is 86.9 cm³/mol. The van der Waals surface area contributed by atoms with Gasteiger partial charge in [-0.05, 0) is 48.7 Å². The number of thioether (sulfide) groups is 1. The van der Waals surface area contributed by atoms with Crippen molar-refractivity contribution < 1.29 is 9.59 Å². The van der Waals surface area contributed by atoms with Crippen molar-refractivity contribution in [3.63, 3.8) is 0 Å². The molecule has 2 aromatic rings. The standard InChI is InChI=1S/C16H16N2O2S/c1-11(19)17-13-4-3-5-14(10-13)18-16(20)12-6-8-15(21-2)9-7-12/h3-10H,1-2H3,(H,17,19)(H,18,20). The maximum absolute atomic E-state index is 12.1. The lowest BCUT2D eigenvalue weighted by atomic mass is 10.2. The molecule has 2 rings (SSSR count). The molecule has 0 spiro atoms. The van der Waals surface area contributed by atoms with Gasteiger partial charge in [-0.1, -0.05) is 6.07 Å². The van der Waals surface area contributed by atoms with E-state index in [-0.39, 0.29) is 11.8 Å². The van der Waals surface area contributed by atoms with Crippen LogP contribution < -0.4 is 10.6 Å². The van der Waals surface area contributed by atoms with E-state index in [0.717, 1.165) is 4.90 Å². The normalized spacial score (nSPS) is 10.0. The van der Waals surface area contributed by atoms with Crippen molar-refractivity contribution in [1.82, 2.24) is 0 Å². The number of rotatable bonds is 4. The van der Waals surface area contributed by atoms with Crippen molar-refractivity contribution in [1.29, 1.82) is 0 Å². The molecule has 0 radical (unpaired) electrons. The molecule has 21 heavy (non-hydrogen) atoms. The maximum atomic E-state index is 12.1. The topological polar surface area (TPSA) is 58.2 Å². The number of hydrogen-bond donors (Lipinski definition) is 2. The van der Waals surface area contributed by atoms with Gasteiger partial charge in [0.1, 0.15) is 0 Å². The summed E-state index contributed by atoms with van der Waals surface area (Å²) in [6, 6.07) is 14.4. The van der Waals surface area contributed by atoms with Gasteiger partial charge in [0.05, 0.1) is 0 Å². The summed E-state index contributed by atoms with van der Waals surface area (Å²) in [5.74, 6) is -0.325. The second kappa shape index (κ2) is 6.95. The summed E-state index contributed by atoms with van der Waals surface area (Å²) in [4.78, 5) is 24.3. The number of anilines is 2. The zero-order valence-electron chi connectivity index (χ0n) is 11.8. The first-order chi connectivity index (χ1) is 10.1. The molecule has 0 aliphatic heterocycles. The number of carbonyl (C=O) groups is 2. The molecule has 2 amide bonds. The van der Waals surface area contributed by atoms with Crippen molar-refractivity contribution in [2.45, 2.75) is 11.8 Å². The molecule has 0 fully saturated rings.